The summed E-state index contributed by atoms with van der Waals surface area (Å²) in [5.74, 6) is 1.13. The third kappa shape index (κ3) is 3.37. The Bertz CT molecular complexity index is 739. The summed E-state index contributed by atoms with van der Waals surface area (Å²) in [7, 11) is 0. The average Bonchev–Trinajstić information content (AvgIpc) is 3.26. The molecule has 3 heterocycles. The van der Waals surface area contributed by atoms with Crippen LogP contribution in [0.15, 0.2) is 29.3 Å². The Labute approximate surface area is 135 Å². The first-order chi connectivity index (χ1) is 11.2. The fraction of sp³-hybridized carbons (Fsp3) is 0.588. The first-order valence-corrected chi connectivity index (χ1v) is 8.47. The lowest BCUT2D eigenvalue weighted by molar-refractivity contribution is 0.0793. The van der Waals surface area contributed by atoms with E-state index in [0.29, 0.717) is 11.8 Å². The van der Waals surface area contributed by atoms with Crippen LogP contribution in [-0.2, 0) is 13.1 Å². The minimum Gasteiger partial charge on any atom is -0.301 e. The molecule has 0 amide bonds. The van der Waals surface area contributed by atoms with Gasteiger partial charge < -0.3 is 4.90 Å². The van der Waals surface area contributed by atoms with Gasteiger partial charge in [0, 0.05) is 43.7 Å². The molecule has 2 aromatic heterocycles. The second-order valence-electron chi connectivity index (χ2n) is 6.96. The number of rotatable bonds is 6. The molecule has 0 N–H and O–H groups in total. The van der Waals surface area contributed by atoms with Crippen LogP contribution >= 0.6 is 0 Å². The van der Waals surface area contributed by atoms with Gasteiger partial charge in [0.05, 0.1) is 25.0 Å². The molecule has 2 aliphatic rings. The van der Waals surface area contributed by atoms with Crippen molar-refractivity contribution < 1.29 is 0 Å². The van der Waals surface area contributed by atoms with Gasteiger partial charge in [-0.1, -0.05) is 0 Å². The zero-order valence-electron chi connectivity index (χ0n) is 13.6. The molecule has 0 bridgehead atoms. The summed E-state index contributed by atoms with van der Waals surface area (Å²) < 4.78 is 3.67. The first-order valence-electron chi connectivity index (χ1n) is 8.47. The van der Waals surface area contributed by atoms with Crippen LogP contribution in [0.25, 0.3) is 0 Å². The van der Waals surface area contributed by atoms with Crippen molar-refractivity contribution in [3.8, 4) is 0 Å². The molecule has 1 aliphatic heterocycles. The average molecular weight is 313 g/mol. The van der Waals surface area contributed by atoms with Crippen molar-refractivity contribution in [1.29, 1.82) is 0 Å². The van der Waals surface area contributed by atoms with Crippen molar-refractivity contribution in [3.05, 3.63) is 46.1 Å². The molecule has 1 saturated carbocycles. The summed E-state index contributed by atoms with van der Waals surface area (Å²) in [4.78, 5) is 14.4. The predicted molar refractivity (Wildman–Crippen MR) is 87.4 cm³/mol. The van der Waals surface area contributed by atoms with Gasteiger partial charge in [-0.25, -0.2) is 4.68 Å². The van der Waals surface area contributed by atoms with E-state index in [0.717, 1.165) is 38.4 Å². The van der Waals surface area contributed by atoms with Crippen molar-refractivity contribution in [2.45, 2.75) is 38.8 Å². The highest BCUT2D eigenvalue weighted by Gasteiger charge is 2.29. The Kier molecular flexibility index (Phi) is 3.77. The van der Waals surface area contributed by atoms with Gasteiger partial charge in [-0.05, 0) is 31.4 Å². The van der Waals surface area contributed by atoms with Gasteiger partial charge in [0.1, 0.15) is 0 Å². The lowest BCUT2D eigenvalue weighted by atomic mass is 10.0. The molecule has 2 aromatic rings. The van der Waals surface area contributed by atoms with E-state index in [-0.39, 0.29) is 5.56 Å². The molecule has 6 heteroatoms. The van der Waals surface area contributed by atoms with Gasteiger partial charge in [0.15, 0.2) is 0 Å². The fourth-order valence-electron chi connectivity index (χ4n) is 3.24. The molecule has 0 aromatic carbocycles. The number of aromatic nitrogens is 4. The van der Waals surface area contributed by atoms with E-state index in [2.05, 4.69) is 28.2 Å². The van der Waals surface area contributed by atoms with Gasteiger partial charge >= 0.3 is 0 Å². The SMILES string of the molecule is Cc1cnn(CCN2CC(Cn3nc(C4CC4)ccc3=O)C2)c1. The summed E-state index contributed by atoms with van der Waals surface area (Å²) in [6, 6.07) is 3.58. The van der Waals surface area contributed by atoms with Crippen LogP contribution in [0, 0.1) is 12.8 Å². The Morgan fingerprint density at radius 1 is 1.22 bits per heavy atom. The highest BCUT2D eigenvalue weighted by molar-refractivity contribution is 5.12. The van der Waals surface area contributed by atoms with Crippen molar-refractivity contribution in [2.75, 3.05) is 19.6 Å². The van der Waals surface area contributed by atoms with Gasteiger partial charge in [0.25, 0.3) is 5.56 Å². The predicted octanol–water partition coefficient (Wildman–Crippen LogP) is 1.26. The minimum atomic E-state index is 0.0277. The lowest BCUT2D eigenvalue weighted by Crippen LogP contribution is -2.50. The Hall–Kier alpha value is -1.95. The summed E-state index contributed by atoms with van der Waals surface area (Å²) in [5, 5.41) is 8.86. The van der Waals surface area contributed by atoms with E-state index in [1.807, 2.05) is 16.9 Å². The number of hydrogen-bond acceptors (Lipinski definition) is 4. The molecule has 122 valence electrons. The van der Waals surface area contributed by atoms with E-state index in [1.54, 1.807) is 10.7 Å². The van der Waals surface area contributed by atoms with Crippen molar-refractivity contribution >= 4 is 0 Å². The second kappa shape index (κ2) is 5.92. The lowest BCUT2D eigenvalue weighted by Gasteiger charge is -2.39. The molecule has 2 fully saturated rings. The maximum absolute atomic E-state index is 12.0. The number of likely N-dealkylation sites (tertiary alicyclic amines) is 1. The number of nitrogens with zero attached hydrogens (tertiary/aromatic N) is 5. The van der Waals surface area contributed by atoms with Crippen LogP contribution in [-0.4, -0.2) is 44.1 Å². The molecule has 6 nitrogen and oxygen atoms in total. The Morgan fingerprint density at radius 3 is 2.74 bits per heavy atom. The monoisotopic (exact) mass is 313 g/mol. The highest BCUT2D eigenvalue weighted by atomic mass is 16.1. The molecule has 23 heavy (non-hydrogen) atoms. The quantitative estimate of drug-likeness (QED) is 0.805. The largest absolute Gasteiger partial charge is 0.301 e. The number of hydrogen-bond donors (Lipinski definition) is 0. The van der Waals surface area contributed by atoms with E-state index >= 15 is 0 Å². The zero-order valence-corrected chi connectivity index (χ0v) is 13.6. The second-order valence-corrected chi connectivity index (χ2v) is 6.96. The number of aryl methyl sites for hydroxylation is 1. The van der Waals surface area contributed by atoms with Crippen LogP contribution in [0.4, 0.5) is 0 Å². The van der Waals surface area contributed by atoms with Crippen LogP contribution in [0.5, 0.6) is 0 Å². The van der Waals surface area contributed by atoms with E-state index in [9.17, 15) is 4.79 Å². The van der Waals surface area contributed by atoms with Crippen molar-refractivity contribution in [1.82, 2.24) is 24.5 Å². The van der Waals surface area contributed by atoms with Crippen LogP contribution in [0.3, 0.4) is 0 Å². The zero-order chi connectivity index (χ0) is 15.8. The van der Waals surface area contributed by atoms with Gasteiger partial charge in [-0.15, -0.1) is 0 Å². The Balaban J connectivity index is 1.27. The fourth-order valence-corrected chi connectivity index (χ4v) is 3.24. The molecule has 0 unspecified atom stereocenters. The third-order valence-corrected chi connectivity index (χ3v) is 4.75. The summed E-state index contributed by atoms with van der Waals surface area (Å²) >= 11 is 0. The highest BCUT2D eigenvalue weighted by Crippen LogP contribution is 2.38. The van der Waals surface area contributed by atoms with Crippen LogP contribution in [0.2, 0.25) is 0 Å². The first kappa shape index (κ1) is 14.6. The van der Waals surface area contributed by atoms with E-state index in [4.69, 9.17) is 0 Å². The van der Waals surface area contributed by atoms with Gasteiger partial charge in [-0.2, -0.15) is 10.2 Å². The standard InChI is InChI=1S/C17H23N5O/c1-13-8-18-21(9-13)7-6-20-10-14(11-20)12-22-17(23)5-4-16(19-22)15-2-3-15/h4-5,8-9,14-15H,2-3,6-7,10-12H2,1H3. The van der Waals surface area contributed by atoms with E-state index in [1.165, 1.54) is 18.4 Å². The Morgan fingerprint density at radius 2 is 2.04 bits per heavy atom. The van der Waals surface area contributed by atoms with E-state index < -0.39 is 0 Å². The van der Waals surface area contributed by atoms with Crippen LogP contribution < -0.4 is 5.56 Å². The maximum Gasteiger partial charge on any atom is 0.266 e. The van der Waals surface area contributed by atoms with Gasteiger partial charge in [-0.3, -0.25) is 9.48 Å². The topological polar surface area (TPSA) is 56.0 Å². The summed E-state index contributed by atoms with van der Waals surface area (Å²) in [6.45, 7) is 6.84. The summed E-state index contributed by atoms with van der Waals surface area (Å²) in [6.07, 6.45) is 6.40. The molecule has 4 rings (SSSR count). The molecule has 1 aliphatic carbocycles. The molecule has 1 saturated heterocycles. The van der Waals surface area contributed by atoms with Crippen molar-refractivity contribution in [2.24, 2.45) is 5.92 Å². The third-order valence-electron chi connectivity index (χ3n) is 4.75. The van der Waals surface area contributed by atoms with Crippen molar-refractivity contribution in [3.63, 3.8) is 0 Å². The maximum atomic E-state index is 12.0. The molecular weight excluding hydrogens is 290 g/mol. The molecular formula is C17H23N5O. The summed E-state index contributed by atoms with van der Waals surface area (Å²) in [5.41, 5.74) is 2.32. The normalized spacial score (nSPS) is 19.0. The molecule has 0 radical (unpaired) electrons. The van der Waals surface area contributed by atoms with Crippen LogP contribution in [0.1, 0.15) is 30.0 Å². The molecule has 0 spiro atoms. The molecule has 0 atom stereocenters. The minimum absolute atomic E-state index is 0.0277. The van der Waals surface area contributed by atoms with Gasteiger partial charge in [0.2, 0.25) is 0 Å². The smallest absolute Gasteiger partial charge is 0.266 e.